The molecule has 92 valence electrons. The van der Waals surface area contributed by atoms with Gasteiger partial charge in [-0.1, -0.05) is 34.1 Å². The number of hydrogen-bond acceptors (Lipinski definition) is 3. The molecule has 4 N–H and O–H groups in total. The molecule has 0 heterocycles. The first-order valence-corrected chi connectivity index (χ1v) is 6.11. The first kappa shape index (κ1) is 14.9. The Morgan fingerprint density at radius 2 is 1.87 bits per heavy atom. The van der Waals surface area contributed by atoms with Crippen LogP contribution in [0.4, 0.5) is 0 Å². The number of aliphatic hydroxyl groups excluding tert-OH is 1. The minimum atomic E-state index is 0.191. The zero-order valence-electron chi connectivity index (χ0n) is 10.7. The predicted molar refractivity (Wildman–Crippen MR) is 65.8 cm³/mol. The Morgan fingerprint density at radius 3 is 2.27 bits per heavy atom. The maximum atomic E-state index is 9.18. The molecule has 0 aromatic rings. The molecule has 0 radical (unpaired) electrons. The summed E-state index contributed by atoms with van der Waals surface area (Å²) in [5.41, 5.74) is 6.02. The largest absolute Gasteiger partial charge is 0.395 e. The molecule has 0 rings (SSSR count). The Balaban J connectivity index is 3.79. The fourth-order valence-corrected chi connectivity index (χ4v) is 1.60. The second-order valence-electron chi connectivity index (χ2n) is 4.97. The van der Waals surface area contributed by atoms with Gasteiger partial charge in [0.25, 0.3) is 0 Å². The molecule has 0 aromatic heterocycles. The third kappa shape index (κ3) is 6.88. The van der Waals surface area contributed by atoms with E-state index in [-0.39, 0.29) is 18.7 Å². The summed E-state index contributed by atoms with van der Waals surface area (Å²) in [5.74, 6) is 1.14. The molecular weight excluding hydrogens is 188 g/mol. The van der Waals surface area contributed by atoms with Crippen LogP contribution in [-0.4, -0.2) is 30.3 Å². The third-order valence-electron chi connectivity index (χ3n) is 2.99. The van der Waals surface area contributed by atoms with Crippen molar-refractivity contribution in [1.29, 1.82) is 0 Å². The van der Waals surface area contributed by atoms with E-state index >= 15 is 0 Å². The predicted octanol–water partition coefficient (Wildman–Crippen LogP) is 1.36. The topological polar surface area (TPSA) is 58.3 Å². The molecule has 0 aromatic carbocycles. The lowest BCUT2D eigenvalue weighted by atomic mass is 9.99. The second-order valence-corrected chi connectivity index (χ2v) is 4.97. The van der Waals surface area contributed by atoms with Crippen LogP contribution in [0, 0.1) is 11.8 Å². The van der Waals surface area contributed by atoms with E-state index in [1.165, 1.54) is 0 Å². The third-order valence-corrected chi connectivity index (χ3v) is 2.99. The van der Waals surface area contributed by atoms with E-state index in [9.17, 15) is 5.11 Å². The van der Waals surface area contributed by atoms with Crippen LogP contribution in [0.5, 0.6) is 0 Å². The zero-order chi connectivity index (χ0) is 11.8. The van der Waals surface area contributed by atoms with Crippen LogP contribution in [0.2, 0.25) is 0 Å². The number of hydrogen-bond donors (Lipinski definition) is 3. The highest BCUT2D eigenvalue weighted by Gasteiger charge is 2.14. The summed E-state index contributed by atoms with van der Waals surface area (Å²) < 4.78 is 0. The fraction of sp³-hybridized carbons (Fsp3) is 1.00. The maximum Gasteiger partial charge on any atom is 0.0584 e. The lowest BCUT2D eigenvalue weighted by molar-refractivity contribution is 0.219. The van der Waals surface area contributed by atoms with Crippen molar-refractivity contribution in [3.63, 3.8) is 0 Å². The number of nitrogens with one attached hydrogen (secondary N) is 1. The minimum Gasteiger partial charge on any atom is -0.395 e. The number of rotatable bonds is 8. The first-order valence-electron chi connectivity index (χ1n) is 6.11. The summed E-state index contributed by atoms with van der Waals surface area (Å²) in [7, 11) is 0. The van der Waals surface area contributed by atoms with E-state index in [1.807, 2.05) is 0 Å². The SMILES string of the molecule is CCC(C)C(N)CNC(CO)CC(C)C. The highest BCUT2D eigenvalue weighted by molar-refractivity contribution is 4.75. The average molecular weight is 216 g/mol. The Morgan fingerprint density at radius 1 is 1.27 bits per heavy atom. The smallest absolute Gasteiger partial charge is 0.0584 e. The molecule has 3 nitrogen and oxygen atoms in total. The van der Waals surface area contributed by atoms with Gasteiger partial charge in [0.2, 0.25) is 0 Å². The van der Waals surface area contributed by atoms with Gasteiger partial charge in [0, 0.05) is 18.6 Å². The standard InChI is InChI=1S/C12H28N2O/c1-5-10(4)12(13)7-14-11(8-15)6-9(2)3/h9-12,14-15H,5-8,13H2,1-4H3. The van der Waals surface area contributed by atoms with Crippen molar-refractivity contribution in [3.8, 4) is 0 Å². The van der Waals surface area contributed by atoms with E-state index < -0.39 is 0 Å². The highest BCUT2D eigenvalue weighted by Crippen LogP contribution is 2.07. The Labute approximate surface area is 94.4 Å². The van der Waals surface area contributed by atoms with Crippen LogP contribution in [0.3, 0.4) is 0 Å². The molecule has 0 bridgehead atoms. The molecule has 0 saturated carbocycles. The summed E-state index contributed by atoms with van der Waals surface area (Å²) in [5, 5.41) is 12.5. The van der Waals surface area contributed by atoms with Gasteiger partial charge in [0.15, 0.2) is 0 Å². The second kappa shape index (κ2) is 8.08. The van der Waals surface area contributed by atoms with E-state index in [1.54, 1.807) is 0 Å². The van der Waals surface area contributed by atoms with Crippen molar-refractivity contribution in [2.75, 3.05) is 13.2 Å². The molecule has 3 heteroatoms. The first-order chi connectivity index (χ1) is 7.01. The van der Waals surface area contributed by atoms with Gasteiger partial charge in [-0.2, -0.15) is 0 Å². The van der Waals surface area contributed by atoms with Crippen LogP contribution in [-0.2, 0) is 0 Å². The van der Waals surface area contributed by atoms with Crippen molar-refractivity contribution in [2.24, 2.45) is 17.6 Å². The quantitative estimate of drug-likeness (QED) is 0.574. The molecule has 0 aliphatic carbocycles. The van der Waals surface area contributed by atoms with E-state index in [4.69, 9.17) is 5.73 Å². The molecule has 0 spiro atoms. The molecule has 0 aliphatic heterocycles. The minimum absolute atomic E-state index is 0.191. The van der Waals surface area contributed by atoms with E-state index in [0.29, 0.717) is 11.8 Å². The van der Waals surface area contributed by atoms with Gasteiger partial charge in [0.05, 0.1) is 6.61 Å². The van der Waals surface area contributed by atoms with Gasteiger partial charge in [-0.05, 0) is 18.3 Å². The van der Waals surface area contributed by atoms with Gasteiger partial charge >= 0.3 is 0 Å². The van der Waals surface area contributed by atoms with Crippen LogP contribution in [0.15, 0.2) is 0 Å². The molecule has 3 atom stereocenters. The van der Waals surface area contributed by atoms with Crippen LogP contribution in [0.25, 0.3) is 0 Å². The summed E-state index contributed by atoms with van der Waals surface area (Å²) in [6.07, 6.45) is 2.11. The summed E-state index contributed by atoms with van der Waals surface area (Å²) in [6, 6.07) is 0.385. The van der Waals surface area contributed by atoms with Crippen LogP contribution in [0.1, 0.15) is 40.5 Å². The van der Waals surface area contributed by atoms with E-state index in [0.717, 1.165) is 19.4 Å². The van der Waals surface area contributed by atoms with Crippen LogP contribution < -0.4 is 11.1 Å². The van der Waals surface area contributed by atoms with Gasteiger partial charge in [-0.3, -0.25) is 0 Å². The average Bonchev–Trinajstić information content (AvgIpc) is 2.21. The van der Waals surface area contributed by atoms with Gasteiger partial charge in [-0.15, -0.1) is 0 Å². The van der Waals surface area contributed by atoms with Crippen molar-refractivity contribution in [1.82, 2.24) is 5.32 Å². The normalized spacial score (nSPS) is 17.8. The molecule has 0 amide bonds. The lowest BCUT2D eigenvalue weighted by Crippen LogP contribution is -2.44. The summed E-state index contributed by atoms with van der Waals surface area (Å²) in [6.45, 7) is 9.65. The van der Waals surface area contributed by atoms with Crippen molar-refractivity contribution in [2.45, 2.75) is 52.6 Å². The Hall–Kier alpha value is -0.120. The highest BCUT2D eigenvalue weighted by atomic mass is 16.3. The Kier molecular flexibility index (Phi) is 8.02. The van der Waals surface area contributed by atoms with Crippen molar-refractivity contribution >= 4 is 0 Å². The lowest BCUT2D eigenvalue weighted by Gasteiger charge is -2.23. The summed E-state index contributed by atoms with van der Waals surface area (Å²) in [4.78, 5) is 0. The molecule has 0 fully saturated rings. The maximum absolute atomic E-state index is 9.18. The van der Waals surface area contributed by atoms with Crippen molar-refractivity contribution < 1.29 is 5.11 Å². The molecule has 0 aliphatic rings. The fourth-order valence-electron chi connectivity index (χ4n) is 1.60. The zero-order valence-corrected chi connectivity index (χ0v) is 10.7. The van der Waals surface area contributed by atoms with Crippen LogP contribution >= 0.6 is 0 Å². The molecular formula is C12H28N2O. The molecule has 3 unspecified atom stereocenters. The number of nitrogens with two attached hydrogens (primary N) is 1. The molecule has 0 saturated heterocycles. The monoisotopic (exact) mass is 216 g/mol. The molecule has 15 heavy (non-hydrogen) atoms. The summed E-state index contributed by atoms with van der Waals surface area (Å²) >= 11 is 0. The Bertz CT molecular complexity index is 151. The van der Waals surface area contributed by atoms with E-state index in [2.05, 4.69) is 33.0 Å². The van der Waals surface area contributed by atoms with Gasteiger partial charge in [-0.25, -0.2) is 0 Å². The van der Waals surface area contributed by atoms with Gasteiger partial charge in [0.1, 0.15) is 0 Å². The van der Waals surface area contributed by atoms with Gasteiger partial charge < -0.3 is 16.2 Å². The number of aliphatic hydroxyl groups is 1. The van der Waals surface area contributed by atoms with Crippen molar-refractivity contribution in [3.05, 3.63) is 0 Å².